The normalized spacial score (nSPS) is 18.9. The molecule has 4 N–H and O–H groups in total. The molecule has 0 aromatic heterocycles. The topological polar surface area (TPSA) is 72.0 Å². The largest absolute Gasteiger partial charge is 0.457 e. The van der Waals surface area contributed by atoms with Gasteiger partial charge in [0, 0.05) is 31.6 Å². The molecular formula is C24H31N4O2S+. The third kappa shape index (κ3) is 4.99. The van der Waals surface area contributed by atoms with E-state index in [-0.39, 0.29) is 5.91 Å². The number of amides is 1. The van der Waals surface area contributed by atoms with Crippen molar-refractivity contribution in [1.82, 2.24) is 4.90 Å². The van der Waals surface area contributed by atoms with Crippen LogP contribution in [-0.2, 0) is 4.79 Å². The zero-order valence-electron chi connectivity index (χ0n) is 17.8. The number of para-hydroxylation sites is 1. The van der Waals surface area contributed by atoms with Crippen molar-refractivity contribution in [3.8, 4) is 11.5 Å². The molecule has 4 rings (SSSR count). The fourth-order valence-electron chi connectivity index (χ4n) is 4.76. The molecule has 2 heterocycles. The van der Waals surface area contributed by atoms with Crippen molar-refractivity contribution < 1.29 is 14.4 Å². The molecule has 2 aliphatic rings. The van der Waals surface area contributed by atoms with Crippen LogP contribution < -0.4 is 20.7 Å². The van der Waals surface area contributed by atoms with Crippen molar-refractivity contribution in [2.45, 2.75) is 37.6 Å². The molecule has 7 heteroatoms. The third-order valence-electron chi connectivity index (χ3n) is 6.59. The molecule has 0 atom stereocenters. The van der Waals surface area contributed by atoms with E-state index in [0.29, 0.717) is 5.11 Å². The number of piperidine rings is 2. The number of nitrogens with one attached hydrogen (secondary N) is 2. The first kappa shape index (κ1) is 21.6. The van der Waals surface area contributed by atoms with E-state index in [9.17, 15) is 4.79 Å². The molecular weight excluding hydrogens is 408 g/mol. The van der Waals surface area contributed by atoms with E-state index in [4.69, 9.17) is 22.7 Å². The summed E-state index contributed by atoms with van der Waals surface area (Å²) in [5, 5.41) is 4.00. The minimum absolute atomic E-state index is 0.156. The van der Waals surface area contributed by atoms with Crippen LogP contribution in [0.25, 0.3) is 0 Å². The van der Waals surface area contributed by atoms with Crippen LogP contribution in [0.1, 0.15) is 32.1 Å². The predicted molar refractivity (Wildman–Crippen MR) is 126 cm³/mol. The number of carbonyl (C=O) groups is 1. The number of benzene rings is 2. The summed E-state index contributed by atoms with van der Waals surface area (Å²) < 4.78 is 5.84. The summed E-state index contributed by atoms with van der Waals surface area (Å²) in [7, 11) is 0. The molecule has 0 unspecified atom stereocenters. The maximum Gasteiger partial charge on any atom is 0.278 e. The van der Waals surface area contributed by atoms with E-state index in [1.807, 2.05) is 54.6 Å². The first-order valence-corrected chi connectivity index (χ1v) is 11.5. The lowest BCUT2D eigenvalue weighted by Crippen LogP contribution is -3.22. The van der Waals surface area contributed by atoms with Crippen molar-refractivity contribution in [3.05, 3.63) is 54.6 Å². The number of rotatable bonds is 5. The molecule has 2 aliphatic heterocycles. The number of carbonyl (C=O) groups excluding carboxylic acids is 1. The Labute approximate surface area is 189 Å². The van der Waals surface area contributed by atoms with Gasteiger partial charge in [-0.2, -0.15) is 0 Å². The Morgan fingerprint density at radius 3 is 2.19 bits per heavy atom. The zero-order chi connectivity index (χ0) is 21.7. The van der Waals surface area contributed by atoms with E-state index < -0.39 is 5.54 Å². The van der Waals surface area contributed by atoms with Crippen molar-refractivity contribution in [1.29, 1.82) is 0 Å². The fourth-order valence-corrected chi connectivity index (χ4v) is 5.06. The van der Waals surface area contributed by atoms with Crippen LogP contribution >= 0.6 is 12.2 Å². The van der Waals surface area contributed by atoms with Gasteiger partial charge in [0.1, 0.15) is 11.5 Å². The standard InChI is InChI=1S/C24H30N4O2S/c25-22(29)24(28-15-5-2-6-16-28)13-17-27(18-14-24)23(31)26-19-9-11-21(12-10-19)30-20-7-3-1-4-8-20/h1,3-4,7-12H,2,5-6,13-18H2,(H2,25,29)(H,26,31)/p+1. The Hall–Kier alpha value is -2.64. The summed E-state index contributed by atoms with van der Waals surface area (Å²) in [6.45, 7) is 3.58. The highest BCUT2D eigenvalue weighted by molar-refractivity contribution is 7.80. The summed E-state index contributed by atoms with van der Waals surface area (Å²) in [6, 6.07) is 17.5. The van der Waals surface area contributed by atoms with E-state index >= 15 is 0 Å². The molecule has 0 spiro atoms. The number of anilines is 1. The second kappa shape index (κ2) is 9.66. The van der Waals surface area contributed by atoms with Gasteiger partial charge >= 0.3 is 0 Å². The van der Waals surface area contributed by atoms with Crippen LogP contribution in [0.5, 0.6) is 11.5 Å². The number of likely N-dealkylation sites (tertiary alicyclic amines) is 2. The van der Waals surface area contributed by atoms with Crippen LogP contribution in [0.2, 0.25) is 0 Å². The van der Waals surface area contributed by atoms with Crippen LogP contribution in [0.15, 0.2) is 54.6 Å². The molecule has 2 saturated heterocycles. The minimum Gasteiger partial charge on any atom is -0.457 e. The number of primary amides is 1. The molecule has 0 bridgehead atoms. The van der Waals surface area contributed by atoms with Gasteiger partial charge < -0.3 is 25.6 Å². The van der Waals surface area contributed by atoms with E-state index in [0.717, 1.165) is 56.2 Å². The summed E-state index contributed by atoms with van der Waals surface area (Å²) in [6.07, 6.45) is 5.12. The van der Waals surface area contributed by atoms with Gasteiger partial charge in [0.15, 0.2) is 10.7 Å². The lowest BCUT2D eigenvalue weighted by atomic mass is 9.83. The van der Waals surface area contributed by atoms with Crippen molar-refractivity contribution >= 4 is 28.9 Å². The molecule has 0 saturated carbocycles. The number of quaternary nitrogens is 1. The molecule has 1 amide bonds. The quantitative estimate of drug-likeness (QED) is 0.625. The molecule has 0 aliphatic carbocycles. The Morgan fingerprint density at radius 1 is 0.968 bits per heavy atom. The van der Waals surface area contributed by atoms with E-state index in [2.05, 4.69) is 10.2 Å². The van der Waals surface area contributed by atoms with Crippen LogP contribution in [0.4, 0.5) is 5.69 Å². The monoisotopic (exact) mass is 439 g/mol. The van der Waals surface area contributed by atoms with Crippen LogP contribution in [0, 0.1) is 0 Å². The zero-order valence-corrected chi connectivity index (χ0v) is 18.6. The fraction of sp³-hybridized carbons (Fsp3) is 0.417. The molecule has 0 radical (unpaired) electrons. The Kier molecular flexibility index (Phi) is 6.73. The highest BCUT2D eigenvalue weighted by Gasteiger charge is 2.49. The molecule has 2 aromatic rings. The van der Waals surface area contributed by atoms with Crippen molar-refractivity contribution in [3.63, 3.8) is 0 Å². The number of ether oxygens (including phenoxy) is 1. The van der Waals surface area contributed by atoms with Gasteiger partial charge in [-0.15, -0.1) is 0 Å². The highest BCUT2D eigenvalue weighted by Crippen LogP contribution is 2.24. The van der Waals surface area contributed by atoms with Gasteiger partial charge in [-0.1, -0.05) is 18.2 Å². The summed E-state index contributed by atoms with van der Waals surface area (Å²) in [5.41, 5.74) is 6.38. The Balaban J connectivity index is 1.33. The molecule has 31 heavy (non-hydrogen) atoms. The number of thiocarbonyl (C=S) groups is 1. The van der Waals surface area contributed by atoms with Crippen molar-refractivity contribution in [2.24, 2.45) is 5.73 Å². The molecule has 6 nitrogen and oxygen atoms in total. The molecule has 164 valence electrons. The number of hydrogen-bond acceptors (Lipinski definition) is 3. The first-order valence-electron chi connectivity index (χ1n) is 11.1. The highest BCUT2D eigenvalue weighted by atomic mass is 32.1. The smallest absolute Gasteiger partial charge is 0.278 e. The van der Waals surface area contributed by atoms with Gasteiger partial charge in [-0.25, -0.2) is 0 Å². The summed E-state index contributed by atoms with van der Waals surface area (Å²) >= 11 is 5.65. The summed E-state index contributed by atoms with van der Waals surface area (Å²) in [4.78, 5) is 15.9. The average molecular weight is 440 g/mol. The molecule has 2 fully saturated rings. The lowest BCUT2D eigenvalue weighted by Gasteiger charge is -2.45. The Bertz CT molecular complexity index is 890. The van der Waals surface area contributed by atoms with Crippen LogP contribution in [-0.4, -0.2) is 47.6 Å². The number of hydrogen-bond donors (Lipinski definition) is 3. The molecule has 2 aromatic carbocycles. The van der Waals surface area contributed by atoms with Gasteiger partial charge in [0.05, 0.1) is 13.1 Å². The second-order valence-electron chi connectivity index (χ2n) is 8.47. The van der Waals surface area contributed by atoms with E-state index in [1.54, 1.807) is 0 Å². The van der Waals surface area contributed by atoms with Crippen molar-refractivity contribution in [2.75, 3.05) is 31.5 Å². The number of nitrogens with zero attached hydrogens (tertiary/aromatic N) is 1. The van der Waals surface area contributed by atoms with Crippen LogP contribution in [0.3, 0.4) is 0 Å². The SMILES string of the molecule is NC(=O)C1([NH+]2CCCCC2)CCN(C(=S)Nc2ccc(Oc3ccccc3)cc2)CC1. The van der Waals surface area contributed by atoms with Gasteiger partial charge in [-0.05, 0) is 67.9 Å². The second-order valence-corrected chi connectivity index (χ2v) is 8.85. The maximum absolute atomic E-state index is 12.4. The van der Waals surface area contributed by atoms with E-state index in [1.165, 1.54) is 24.2 Å². The predicted octanol–water partition coefficient (Wildman–Crippen LogP) is 2.56. The summed E-state index contributed by atoms with van der Waals surface area (Å²) in [5.74, 6) is 1.43. The van der Waals surface area contributed by atoms with Gasteiger partial charge in [0.25, 0.3) is 5.91 Å². The minimum atomic E-state index is -0.442. The number of nitrogens with two attached hydrogens (primary N) is 1. The first-order chi connectivity index (χ1) is 15.1. The Morgan fingerprint density at radius 2 is 1.58 bits per heavy atom. The maximum atomic E-state index is 12.4. The average Bonchev–Trinajstić information content (AvgIpc) is 2.81. The lowest BCUT2D eigenvalue weighted by molar-refractivity contribution is -0.948. The third-order valence-corrected chi connectivity index (χ3v) is 6.95. The van der Waals surface area contributed by atoms with Gasteiger partial charge in [0.2, 0.25) is 0 Å². The van der Waals surface area contributed by atoms with Gasteiger partial charge in [-0.3, -0.25) is 4.79 Å².